The summed E-state index contributed by atoms with van der Waals surface area (Å²) in [6, 6.07) is 0. The van der Waals surface area contributed by atoms with E-state index in [-0.39, 0.29) is 18.1 Å². The molecule has 0 aliphatic carbocycles. The molecule has 0 bridgehead atoms. The highest BCUT2D eigenvalue weighted by Gasteiger charge is 2.34. The highest BCUT2D eigenvalue weighted by molar-refractivity contribution is 7.92. The van der Waals surface area contributed by atoms with Crippen molar-refractivity contribution in [3.8, 4) is 0 Å². The third-order valence-electron chi connectivity index (χ3n) is 2.97. The maximum atomic E-state index is 12.2. The fourth-order valence-electron chi connectivity index (χ4n) is 1.71. The average Bonchev–Trinajstić information content (AvgIpc) is 2.38. The van der Waals surface area contributed by atoms with Crippen LogP contribution < -0.4 is 5.73 Å². The first-order valence-corrected chi connectivity index (χ1v) is 7.91. The van der Waals surface area contributed by atoms with Gasteiger partial charge in [0.1, 0.15) is 5.25 Å². The molecule has 1 fully saturated rings. The summed E-state index contributed by atoms with van der Waals surface area (Å²) in [5, 5.41) is -0.892. The number of nitrogens with zero attached hydrogens (tertiary/aromatic N) is 2. The number of nitrogens with two attached hydrogens (primary N) is 1. The molecule has 1 amide bonds. The molecule has 0 saturated carbocycles. The molecule has 1 rings (SSSR count). The molecule has 1 atom stereocenters. The van der Waals surface area contributed by atoms with Gasteiger partial charge in [0.25, 0.3) is 0 Å². The maximum absolute atomic E-state index is 12.2. The predicted octanol–water partition coefficient (Wildman–Crippen LogP) is -0.235. The summed E-state index contributed by atoms with van der Waals surface area (Å²) in [4.78, 5) is 12.9. The van der Waals surface area contributed by atoms with E-state index in [4.69, 9.17) is 22.7 Å². The lowest BCUT2D eigenvalue weighted by Gasteiger charge is -2.34. The molecule has 0 spiro atoms. The maximum Gasteiger partial charge on any atom is 0.409 e. The molecule has 9 heteroatoms. The fourth-order valence-corrected chi connectivity index (χ4v) is 3.49. The fraction of sp³-hybridized carbons (Fsp3) is 0.800. The van der Waals surface area contributed by atoms with Crippen molar-refractivity contribution in [2.45, 2.75) is 19.1 Å². The lowest BCUT2D eigenvalue weighted by Crippen LogP contribution is -2.53. The molecule has 7 nitrogen and oxygen atoms in total. The van der Waals surface area contributed by atoms with Crippen molar-refractivity contribution in [2.75, 3.05) is 32.8 Å². The van der Waals surface area contributed by atoms with Crippen LogP contribution in [0, 0.1) is 0 Å². The average molecular weight is 309 g/mol. The minimum absolute atomic E-state index is 0.0483. The van der Waals surface area contributed by atoms with Crippen molar-refractivity contribution in [2.24, 2.45) is 5.73 Å². The Labute approximate surface area is 118 Å². The van der Waals surface area contributed by atoms with Crippen LogP contribution >= 0.6 is 12.2 Å². The molecule has 0 radical (unpaired) electrons. The summed E-state index contributed by atoms with van der Waals surface area (Å²) in [7, 11) is -3.53. The summed E-state index contributed by atoms with van der Waals surface area (Å²) in [6.45, 7) is 4.57. The normalized spacial score (nSPS) is 18.9. The van der Waals surface area contributed by atoms with Gasteiger partial charge in [0, 0.05) is 26.2 Å². The zero-order valence-electron chi connectivity index (χ0n) is 11.0. The Balaban J connectivity index is 2.63. The monoisotopic (exact) mass is 309 g/mol. The second-order valence-corrected chi connectivity index (χ2v) is 6.90. The van der Waals surface area contributed by atoms with E-state index in [0.29, 0.717) is 19.7 Å². The molecular weight excluding hydrogens is 290 g/mol. The summed E-state index contributed by atoms with van der Waals surface area (Å²) < 4.78 is 30.5. The van der Waals surface area contributed by atoms with Crippen LogP contribution in [0.2, 0.25) is 0 Å². The van der Waals surface area contributed by atoms with Gasteiger partial charge in [0.2, 0.25) is 10.0 Å². The number of hydrogen-bond acceptors (Lipinski definition) is 5. The van der Waals surface area contributed by atoms with Crippen LogP contribution in [0.4, 0.5) is 4.79 Å². The summed E-state index contributed by atoms with van der Waals surface area (Å²) in [5.41, 5.74) is 5.38. The van der Waals surface area contributed by atoms with Gasteiger partial charge in [0.15, 0.2) is 0 Å². The molecule has 1 unspecified atom stereocenters. The van der Waals surface area contributed by atoms with Crippen LogP contribution in [0.1, 0.15) is 13.8 Å². The van der Waals surface area contributed by atoms with E-state index in [9.17, 15) is 13.2 Å². The van der Waals surface area contributed by atoms with Crippen molar-refractivity contribution in [1.82, 2.24) is 9.21 Å². The Morgan fingerprint density at radius 1 is 1.37 bits per heavy atom. The number of hydrogen-bond donors (Lipinski definition) is 1. The molecule has 110 valence electrons. The van der Waals surface area contributed by atoms with Crippen molar-refractivity contribution < 1.29 is 17.9 Å². The van der Waals surface area contributed by atoms with Crippen molar-refractivity contribution >= 4 is 33.3 Å². The quantitative estimate of drug-likeness (QED) is 0.721. The molecule has 1 aliphatic heterocycles. The van der Waals surface area contributed by atoms with Crippen LogP contribution in [0.5, 0.6) is 0 Å². The molecule has 1 aliphatic rings. The first-order chi connectivity index (χ1) is 8.80. The van der Waals surface area contributed by atoms with Crippen LogP contribution in [0.3, 0.4) is 0 Å². The summed E-state index contributed by atoms with van der Waals surface area (Å²) in [5.74, 6) is 0. The SMILES string of the molecule is CCOC(=O)N1CCN(S(=O)(=O)C(C)C(N)=S)CC1. The Kier molecular flexibility index (Phi) is 5.50. The highest BCUT2D eigenvalue weighted by atomic mass is 32.2. The van der Waals surface area contributed by atoms with Gasteiger partial charge in [-0.1, -0.05) is 12.2 Å². The number of rotatable bonds is 4. The largest absolute Gasteiger partial charge is 0.450 e. The summed E-state index contributed by atoms with van der Waals surface area (Å²) >= 11 is 4.72. The van der Waals surface area contributed by atoms with Crippen LogP contribution in [0.25, 0.3) is 0 Å². The number of carbonyl (C=O) groups is 1. The van der Waals surface area contributed by atoms with Gasteiger partial charge in [-0.2, -0.15) is 4.31 Å². The molecule has 1 heterocycles. The Hall–Kier alpha value is -0.930. The van der Waals surface area contributed by atoms with Gasteiger partial charge < -0.3 is 15.4 Å². The first-order valence-electron chi connectivity index (χ1n) is 6.00. The van der Waals surface area contributed by atoms with E-state index < -0.39 is 21.4 Å². The molecule has 1 saturated heterocycles. The highest BCUT2D eigenvalue weighted by Crippen LogP contribution is 2.13. The Bertz CT molecular complexity index is 444. The predicted molar refractivity (Wildman–Crippen MR) is 75.3 cm³/mol. The van der Waals surface area contributed by atoms with Crippen LogP contribution in [-0.2, 0) is 14.8 Å². The number of thiocarbonyl (C=S) groups is 1. The van der Waals surface area contributed by atoms with E-state index >= 15 is 0 Å². The second-order valence-electron chi connectivity index (χ2n) is 4.17. The van der Waals surface area contributed by atoms with E-state index in [0.717, 1.165) is 0 Å². The third kappa shape index (κ3) is 3.77. The van der Waals surface area contributed by atoms with Crippen molar-refractivity contribution in [3.63, 3.8) is 0 Å². The minimum atomic E-state index is -3.53. The Morgan fingerprint density at radius 3 is 2.32 bits per heavy atom. The number of piperazine rings is 1. The zero-order chi connectivity index (χ0) is 14.6. The van der Waals surface area contributed by atoms with Gasteiger partial charge in [-0.05, 0) is 13.8 Å². The van der Waals surface area contributed by atoms with Gasteiger partial charge in [0.05, 0.1) is 11.6 Å². The molecular formula is C10H19N3O4S2. The van der Waals surface area contributed by atoms with Crippen LogP contribution in [-0.4, -0.2) is 66.7 Å². The first kappa shape index (κ1) is 16.1. The van der Waals surface area contributed by atoms with Gasteiger partial charge in [-0.15, -0.1) is 0 Å². The molecule has 0 aromatic rings. The molecule has 0 aromatic carbocycles. The third-order valence-corrected chi connectivity index (χ3v) is 5.71. The number of ether oxygens (including phenoxy) is 1. The van der Waals surface area contributed by atoms with E-state index in [2.05, 4.69) is 0 Å². The molecule has 0 aromatic heterocycles. The van der Waals surface area contributed by atoms with Gasteiger partial charge in [-0.25, -0.2) is 13.2 Å². The van der Waals surface area contributed by atoms with E-state index in [1.165, 1.54) is 16.1 Å². The second kappa shape index (κ2) is 6.49. The molecule has 19 heavy (non-hydrogen) atoms. The number of carbonyl (C=O) groups excluding carboxylic acids is 1. The van der Waals surface area contributed by atoms with E-state index in [1.54, 1.807) is 6.92 Å². The smallest absolute Gasteiger partial charge is 0.409 e. The lowest BCUT2D eigenvalue weighted by atomic mass is 10.4. The lowest BCUT2D eigenvalue weighted by molar-refractivity contribution is 0.0934. The molecule has 2 N–H and O–H groups in total. The van der Waals surface area contributed by atoms with Crippen molar-refractivity contribution in [3.05, 3.63) is 0 Å². The van der Waals surface area contributed by atoms with Crippen LogP contribution in [0.15, 0.2) is 0 Å². The Morgan fingerprint density at radius 2 is 1.89 bits per heavy atom. The zero-order valence-corrected chi connectivity index (χ0v) is 12.7. The summed E-state index contributed by atoms with van der Waals surface area (Å²) in [6.07, 6.45) is -0.415. The number of amides is 1. The number of sulfonamides is 1. The minimum Gasteiger partial charge on any atom is -0.450 e. The van der Waals surface area contributed by atoms with Gasteiger partial charge in [-0.3, -0.25) is 0 Å². The van der Waals surface area contributed by atoms with Crippen molar-refractivity contribution in [1.29, 1.82) is 0 Å². The van der Waals surface area contributed by atoms with E-state index in [1.807, 2.05) is 0 Å². The van der Waals surface area contributed by atoms with Gasteiger partial charge >= 0.3 is 6.09 Å². The topological polar surface area (TPSA) is 92.9 Å². The standard InChI is InChI=1S/C10H19N3O4S2/c1-3-17-10(14)12-4-6-13(7-5-12)19(15,16)8(2)9(11)18/h8H,3-7H2,1-2H3,(H2,11,18).